The van der Waals surface area contributed by atoms with Crippen LogP contribution in [0.3, 0.4) is 0 Å². The highest BCUT2D eigenvalue weighted by atomic mass is 16.5. The van der Waals surface area contributed by atoms with Gasteiger partial charge in [0.2, 0.25) is 0 Å². The summed E-state index contributed by atoms with van der Waals surface area (Å²) in [7, 11) is 0. The molecule has 0 spiro atoms. The Hall–Kier alpha value is -2.48. The fraction of sp³-hybridized carbons (Fsp3) is 0.111. The molecule has 0 radical (unpaired) electrons. The number of benzene rings is 3. The molecule has 0 aliphatic rings. The maximum absolute atomic E-state index is 9.45. The normalized spacial score (nSPS) is 10.7. The Morgan fingerprint density at radius 2 is 1.45 bits per heavy atom. The number of aryl methyl sites for hydroxylation is 1. The third-order valence-corrected chi connectivity index (χ3v) is 3.36. The molecule has 100 valence electrons. The summed E-state index contributed by atoms with van der Waals surface area (Å²) in [6.45, 7) is 2.13. The molecule has 0 unspecified atom stereocenters. The molecule has 3 aromatic carbocycles. The molecule has 0 aliphatic carbocycles. The highest BCUT2D eigenvalue weighted by molar-refractivity contribution is 5.85. The van der Waals surface area contributed by atoms with Crippen LogP contribution in [0.4, 0.5) is 0 Å². The Bertz CT molecular complexity index is 730. The quantitative estimate of drug-likeness (QED) is 0.729. The van der Waals surface area contributed by atoms with Crippen LogP contribution < -0.4 is 4.74 Å². The topological polar surface area (TPSA) is 29.5 Å². The molecule has 3 aromatic rings. The first kappa shape index (κ1) is 12.5. The standard InChI is InChI=1S/C18H16O2/c1-2-13-3-8-17(9-4-13)20-18-10-6-14-11-16(19)7-5-15(14)12-18/h3-12,19H,2H2,1H3. The van der Waals surface area contributed by atoms with Crippen LogP contribution in [-0.2, 0) is 6.42 Å². The second kappa shape index (κ2) is 5.25. The van der Waals surface area contributed by atoms with Crippen molar-refractivity contribution in [2.75, 3.05) is 0 Å². The maximum atomic E-state index is 9.45. The number of ether oxygens (including phenoxy) is 1. The number of hydrogen-bond donors (Lipinski definition) is 1. The molecule has 0 fully saturated rings. The summed E-state index contributed by atoms with van der Waals surface area (Å²) in [5.41, 5.74) is 1.30. The van der Waals surface area contributed by atoms with Gasteiger partial charge in [0.25, 0.3) is 0 Å². The zero-order chi connectivity index (χ0) is 13.9. The minimum Gasteiger partial charge on any atom is -0.508 e. The number of phenols is 1. The third kappa shape index (κ3) is 2.59. The number of phenolic OH excluding ortho intramolecular Hbond substituents is 1. The van der Waals surface area contributed by atoms with E-state index in [1.54, 1.807) is 12.1 Å². The Morgan fingerprint density at radius 1 is 0.800 bits per heavy atom. The van der Waals surface area contributed by atoms with Gasteiger partial charge in [0.1, 0.15) is 17.2 Å². The first-order chi connectivity index (χ1) is 9.74. The average molecular weight is 264 g/mol. The van der Waals surface area contributed by atoms with Gasteiger partial charge < -0.3 is 9.84 Å². The molecule has 20 heavy (non-hydrogen) atoms. The fourth-order valence-electron chi connectivity index (χ4n) is 2.20. The van der Waals surface area contributed by atoms with E-state index >= 15 is 0 Å². The van der Waals surface area contributed by atoms with E-state index in [0.717, 1.165) is 28.7 Å². The Balaban J connectivity index is 1.88. The summed E-state index contributed by atoms with van der Waals surface area (Å²) < 4.78 is 5.85. The molecule has 0 saturated heterocycles. The van der Waals surface area contributed by atoms with Crippen LogP contribution in [0.25, 0.3) is 10.8 Å². The summed E-state index contributed by atoms with van der Waals surface area (Å²) in [6.07, 6.45) is 1.03. The van der Waals surface area contributed by atoms with Gasteiger partial charge in [0.15, 0.2) is 0 Å². The van der Waals surface area contributed by atoms with Crippen molar-refractivity contribution in [3.8, 4) is 17.2 Å². The molecule has 2 heteroatoms. The van der Waals surface area contributed by atoms with Gasteiger partial charge in [-0.25, -0.2) is 0 Å². The number of rotatable bonds is 3. The molecule has 3 rings (SSSR count). The van der Waals surface area contributed by atoms with E-state index in [0.29, 0.717) is 0 Å². The predicted molar refractivity (Wildman–Crippen MR) is 81.5 cm³/mol. The molecule has 0 aliphatic heterocycles. The maximum Gasteiger partial charge on any atom is 0.128 e. The van der Waals surface area contributed by atoms with E-state index in [1.165, 1.54) is 5.56 Å². The Morgan fingerprint density at radius 3 is 2.20 bits per heavy atom. The summed E-state index contributed by atoms with van der Waals surface area (Å²) in [6, 6.07) is 19.3. The molecule has 2 nitrogen and oxygen atoms in total. The molecule has 0 amide bonds. The highest BCUT2D eigenvalue weighted by Gasteiger charge is 2.01. The van der Waals surface area contributed by atoms with Gasteiger partial charge in [-0.15, -0.1) is 0 Å². The van der Waals surface area contributed by atoms with Crippen molar-refractivity contribution in [3.05, 3.63) is 66.2 Å². The lowest BCUT2D eigenvalue weighted by molar-refractivity contribution is 0.475. The van der Waals surface area contributed by atoms with E-state index in [9.17, 15) is 5.11 Å². The molecule has 0 aromatic heterocycles. The average Bonchev–Trinajstić information content (AvgIpc) is 2.48. The van der Waals surface area contributed by atoms with Crippen LogP contribution in [0.15, 0.2) is 60.7 Å². The molecular formula is C18H16O2. The molecule has 0 atom stereocenters. The fourth-order valence-corrected chi connectivity index (χ4v) is 2.20. The second-order valence-electron chi connectivity index (χ2n) is 4.79. The van der Waals surface area contributed by atoms with Crippen molar-refractivity contribution in [3.63, 3.8) is 0 Å². The minimum absolute atomic E-state index is 0.279. The van der Waals surface area contributed by atoms with Gasteiger partial charge >= 0.3 is 0 Å². The van der Waals surface area contributed by atoms with Gasteiger partial charge in [-0.05, 0) is 59.2 Å². The molecule has 0 saturated carbocycles. The van der Waals surface area contributed by atoms with Gasteiger partial charge in [-0.1, -0.05) is 31.2 Å². The van der Waals surface area contributed by atoms with Gasteiger partial charge in [-0.2, -0.15) is 0 Å². The zero-order valence-electron chi connectivity index (χ0n) is 11.3. The Labute approximate surface area is 118 Å². The van der Waals surface area contributed by atoms with Crippen LogP contribution in [0.1, 0.15) is 12.5 Å². The minimum atomic E-state index is 0.279. The van der Waals surface area contributed by atoms with Crippen molar-refractivity contribution in [1.29, 1.82) is 0 Å². The van der Waals surface area contributed by atoms with E-state index in [2.05, 4.69) is 19.1 Å². The lowest BCUT2D eigenvalue weighted by Gasteiger charge is -2.08. The molecule has 0 bridgehead atoms. The first-order valence-electron chi connectivity index (χ1n) is 6.74. The first-order valence-corrected chi connectivity index (χ1v) is 6.74. The molecule has 0 heterocycles. The highest BCUT2D eigenvalue weighted by Crippen LogP contribution is 2.27. The van der Waals surface area contributed by atoms with E-state index in [-0.39, 0.29) is 5.75 Å². The second-order valence-corrected chi connectivity index (χ2v) is 4.79. The molecule has 1 N–H and O–H groups in total. The van der Waals surface area contributed by atoms with Gasteiger partial charge in [0, 0.05) is 0 Å². The van der Waals surface area contributed by atoms with Crippen LogP contribution in [0.5, 0.6) is 17.2 Å². The predicted octanol–water partition coefficient (Wildman–Crippen LogP) is 4.90. The van der Waals surface area contributed by atoms with Crippen LogP contribution in [-0.4, -0.2) is 5.11 Å². The largest absolute Gasteiger partial charge is 0.508 e. The summed E-state index contributed by atoms with van der Waals surface area (Å²) in [4.78, 5) is 0. The monoisotopic (exact) mass is 264 g/mol. The van der Waals surface area contributed by atoms with Gasteiger partial charge in [-0.3, -0.25) is 0 Å². The van der Waals surface area contributed by atoms with Crippen molar-refractivity contribution < 1.29 is 9.84 Å². The smallest absolute Gasteiger partial charge is 0.128 e. The van der Waals surface area contributed by atoms with E-state index in [1.807, 2.05) is 36.4 Å². The van der Waals surface area contributed by atoms with Crippen LogP contribution in [0.2, 0.25) is 0 Å². The number of aromatic hydroxyl groups is 1. The summed E-state index contributed by atoms with van der Waals surface area (Å²) in [5.74, 6) is 1.91. The number of hydrogen-bond acceptors (Lipinski definition) is 2. The van der Waals surface area contributed by atoms with Crippen LogP contribution in [0, 0.1) is 0 Å². The third-order valence-electron chi connectivity index (χ3n) is 3.36. The van der Waals surface area contributed by atoms with Crippen molar-refractivity contribution in [2.45, 2.75) is 13.3 Å². The SMILES string of the molecule is CCc1ccc(Oc2ccc3cc(O)ccc3c2)cc1. The van der Waals surface area contributed by atoms with Crippen molar-refractivity contribution in [2.24, 2.45) is 0 Å². The Kier molecular flexibility index (Phi) is 3.30. The van der Waals surface area contributed by atoms with Crippen molar-refractivity contribution >= 4 is 10.8 Å². The lowest BCUT2D eigenvalue weighted by atomic mass is 10.1. The van der Waals surface area contributed by atoms with Crippen LogP contribution >= 0.6 is 0 Å². The van der Waals surface area contributed by atoms with Gasteiger partial charge in [0.05, 0.1) is 0 Å². The summed E-state index contributed by atoms with van der Waals surface area (Å²) >= 11 is 0. The summed E-state index contributed by atoms with van der Waals surface area (Å²) in [5, 5.41) is 11.5. The van der Waals surface area contributed by atoms with E-state index < -0.39 is 0 Å². The zero-order valence-corrected chi connectivity index (χ0v) is 11.3. The van der Waals surface area contributed by atoms with Crippen molar-refractivity contribution in [1.82, 2.24) is 0 Å². The molecular weight excluding hydrogens is 248 g/mol. The van der Waals surface area contributed by atoms with E-state index in [4.69, 9.17) is 4.74 Å². The number of fused-ring (bicyclic) bond motifs is 1. The lowest BCUT2D eigenvalue weighted by Crippen LogP contribution is -1.85.